The van der Waals surface area contributed by atoms with Crippen molar-refractivity contribution in [2.24, 2.45) is 11.8 Å². The van der Waals surface area contributed by atoms with Gasteiger partial charge in [0.25, 0.3) is 0 Å². The molecular weight excluding hydrogens is 222 g/mol. The van der Waals surface area contributed by atoms with Gasteiger partial charge in [0.15, 0.2) is 0 Å². The summed E-state index contributed by atoms with van der Waals surface area (Å²) in [5.74, 6) is 1.48. The van der Waals surface area contributed by atoms with Crippen LogP contribution >= 0.6 is 0 Å². The van der Waals surface area contributed by atoms with Gasteiger partial charge in [-0.15, -0.1) is 0 Å². The molecule has 2 heteroatoms. The van der Waals surface area contributed by atoms with Gasteiger partial charge in [-0.05, 0) is 38.0 Å². The summed E-state index contributed by atoms with van der Waals surface area (Å²) in [6.45, 7) is 4.73. The molecule has 3 fully saturated rings. The molecule has 0 radical (unpaired) electrons. The second-order valence-electron chi connectivity index (χ2n) is 7.22. The Kier molecular flexibility index (Phi) is 3.68. The third kappa shape index (κ3) is 2.46. The lowest BCUT2D eigenvalue weighted by atomic mass is 9.70. The Balaban J connectivity index is 1.62. The summed E-state index contributed by atoms with van der Waals surface area (Å²) >= 11 is 0. The fourth-order valence-corrected chi connectivity index (χ4v) is 4.66. The van der Waals surface area contributed by atoms with Crippen LogP contribution in [-0.2, 0) is 0 Å². The molecule has 0 bridgehead atoms. The van der Waals surface area contributed by atoms with Gasteiger partial charge < -0.3 is 5.11 Å². The zero-order valence-corrected chi connectivity index (χ0v) is 11.9. The molecule has 0 aromatic carbocycles. The normalized spacial score (nSPS) is 46.7. The van der Waals surface area contributed by atoms with Gasteiger partial charge in [-0.25, -0.2) is 0 Å². The van der Waals surface area contributed by atoms with E-state index in [9.17, 15) is 5.11 Å². The molecule has 104 valence electrons. The third-order valence-corrected chi connectivity index (χ3v) is 5.88. The molecule has 3 rings (SSSR count). The van der Waals surface area contributed by atoms with Gasteiger partial charge in [0.05, 0.1) is 5.60 Å². The van der Waals surface area contributed by atoms with Crippen molar-refractivity contribution in [3.8, 4) is 0 Å². The highest BCUT2D eigenvalue weighted by atomic mass is 16.3. The maximum Gasteiger partial charge on any atom is 0.0700 e. The number of likely N-dealkylation sites (tertiary alicyclic amines) is 1. The number of rotatable bonds is 1. The fraction of sp³-hybridized carbons (Fsp3) is 1.00. The monoisotopic (exact) mass is 251 g/mol. The number of hydrogen-bond donors (Lipinski definition) is 1. The summed E-state index contributed by atoms with van der Waals surface area (Å²) in [5, 5.41) is 10.7. The zero-order valence-electron chi connectivity index (χ0n) is 11.9. The first kappa shape index (κ1) is 12.9. The van der Waals surface area contributed by atoms with Gasteiger partial charge >= 0.3 is 0 Å². The molecular formula is C16H29NO. The first-order valence-corrected chi connectivity index (χ1v) is 8.14. The van der Waals surface area contributed by atoms with E-state index in [2.05, 4.69) is 11.8 Å². The molecule has 0 aromatic heterocycles. The first-order valence-electron chi connectivity index (χ1n) is 8.14. The van der Waals surface area contributed by atoms with Crippen LogP contribution in [-0.4, -0.2) is 34.7 Å². The molecule has 1 saturated heterocycles. The van der Waals surface area contributed by atoms with Crippen molar-refractivity contribution in [2.45, 2.75) is 76.4 Å². The summed E-state index contributed by atoms with van der Waals surface area (Å²) in [5.41, 5.74) is -0.297. The van der Waals surface area contributed by atoms with E-state index < -0.39 is 0 Å². The highest BCUT2D eigenvalue weighted by Crippen LogP contribution is 2.41. The predicted molar refractivity (Wildman–Crippen MR) is 74.5 cm³/mol. The Morgan fingerprint density at radius 1 is 1.06 bits per heavy atom. The van der Waals surface area contributed by atoms with Gasteiger partial charge in [-0.3, -0.25) is 4.90 Å². The summed E-state index contributed by atoms with van der Waals surface area (Å²) in [6, 6.07) is 0.820. The second-order valence-corrected chi connectivity index (χ2v) is 7.22. The van der Waals surface area contributed by atoms with Crippen molar-refractivity contribution in [2.75, 3.05) is 13.1 Å². The molecule has 0 amide bonds. The lowest BCUT2D eigenvalue weighted by Gasteiger charge is -2.50. The van der Waals surface area contributed by atoms with Crippen LogP contribution in [0.2, 0.25) is 0 Å². The molecule has 1 heterocycles. The Bertz CT molecular complexity index is 293. The highest BCUT2D eigenvalue weighted by molar-refractivity contribution is 4.97. The molecule has 2 saturated carbocycles. The van der Waals surface area contributed by atoms with Crippen molar-refractivity contribution < 1.29 is 5.11 Å². The van der Waals surface area contributed by atoms with Crippen molar-refractivity contribution in [3.05, 3.63) is 0 Å². The number of nitrogens with zero attached hydrogens (tertiary/aromatic N) is 1. The van der Waals surface area contributed by atoms with Gasteiger partial charge in [0.2, 0.25) is 0 Å². The highest BCUT2D eigenvalue weighted by Gasteiger charge is 2.44. The maximum atomic E-state index is 10.7. The summed E-state index contributed by atoms with van der Waals surface area (Å²) < 4.78 is 0. The minimum absolute atomic E-state index is 0.297. The van der Waals surface area contributed by atoms with Gasteiger partial charge in [-0.2, -0.15) is 0 Å². The first-order chi connectivity index (χ1) is 8.67. The second kappa shape index (κ2) is 5.13. The molecule has 0 aromatic rings. The topological polar surface area (TPSA) is 23.5 Å². The van der Waals surface area contributed by atoms with Crippen LogP contribution in [0.5, 0.6) is 0 Å². The Morgan fingerprint density at radius 2 is 1.94 bits per heavy atom. The van der Waals surface area contributed by atoms with Crippen LogP contribution in [0.25, 0.3) is 0 Å². The number of aliphatic hydroxyl groups is 1. The van der Waals surface area contributed by atoms with Gasteiger partial charge in [-0.1, -0.05) is 32.6 Å². The predicted octanol–water partition coefficient (Wildman–Crippen LogP) is 3.19. The average molecular weight is 251 g/mol. The standard InChI is InChI=1S/C16H29NO/c1-13-5-4-7-15(11-13)17-10-9-16(18)8-3-2-6-14(16)12-17/h13-15,18H,2-12H2,1H3. The molecule has 4 unspecified atom stereocenters. The van der Waals surface area contributed by atoms with Crippen LogP contribution in [0.4, 0.5) is 0 Å². The van der Waals surface area contributed by atoms with E-state index in [0.717, 1.165) is 31.3 Å². The van der Waals surface area contributed by atoms with E-state index in [1.165, 1.54) is 51.5 Å². The summed E-state index contributed by atoms with van der Waals surface area (Å²) in [6.07, 6.45) is 11.6. The number of fused-ring (bicyclic) bond motifs is 1. The van der Waals surface area contributed by atoms with E-state index in [4.69, 9.17) is 0 Å². The molecule has 2 aliphatic carbocycles. The Morgan fingerprint density at radius 3 is 2.78 bits per heavy atom. The maximum absolute atomic E-state index is 10.7. The Hall–Kier alpha value is -0.0800. The minimum Gasteiger partial charge on any atom is -0.390 e. The molecule has 18 heavy (non-hydrogen) atoms. The molecule has 3 aliphatic rings. The lowest BCUT2D eigenvalue weighted by Crippen LogP contribution is -2.56. The van der Waals surface area contributed by atoms with Crippen molar-refractivity contribution in [1.82, 2.24) is 4.90 Å². The largest absolute Gasteiger partial charge is 0.390 e. The van der Waals surface area contributed by atoms with E-state index in [0.29, 0.717) is 5.92 Å². The minimum atomic E-state index is -0.297. The third-order valence-electron chi connectivity index (χ3n) is 5.88. The molecule has 1 aliphatic heterocycles. The van der Waals surface area contributed by atoms with E-state index in [1.807, 2.05) is 0 Å². The summed E-state index contributed by atoms with van der Waals surface area (Å²) in [4.78, 5) is 2.72. The van der Waals surface area contributed by atoms with Crippen LogP contribution in [0.3, 0.4) is 0 Å². The lowest BCUT2D eigenvalue weighted by molar-refractivity contribution is -0.105. The zero-order chi connectivity index (χ0) is 12.6. The van der Waals surface area contributed by atoms with Crippen LogP contribution < -0.4 is 0 Å². The number of piperidine rings is 1. The summed E-state index contributed by atoms with van der Waals surface area (Å²) in [7, 11) is 0. The van der Waals surface area contributed by atoms with Gasteiger partial charge in [0, 0.05) is 25.0 Å². The Labute approximate surface area is 112 Å². The van der Waals surface area contributed by atoms with Gasteiger partial charge in [0.1, 0.15) is 0 Å². The smallest absolute Gasteiger partial charge is 0.0700 e. The van der Waals surface area contributed by atoms with Crippen molar-refractivity contribution >= 4 is 0 Å². The van der Waals surface area contributed by atoms with Crippen molar-refractivity contribution in [1.29, 1.82) is 0 Å². The molecule has 2 nitrogen and oxygen atoms in total. The van der Waals surface area contributed by atoms with Crippen molar-refractivity contribution in [3.63, 3.8) is 0 Å². The van der Waals surface area contributed by atoms with Crippen LogP contribution in [0, 0.1) is 11.8 Å². The van der Waals surface area contributed by atoms with E-state index >= 15 is 0 Å². The SMILES string of the molecule is CC1CCCC(N2CCC3(O)CCCCC3C2)C1. The molecule has 4 atom stereocenters. The number of hydrogen-bond acceptors (Lipinski definition) is 2. The van der Waals surface area contributed by atoms with Crippen LogP contribution in [0.15, 0.2) is 0 Å². The quantitative estimate of drug-likeness (QED) is 0.773. The van der Waals surface area contributed by atoms with Crippen LogP contribution in [0.1, 0.15) is 64.7 Å². The molecule has 1 N–H and O–H groups in total. The fourth-order valence-electron chi connectivity index (χ4n) is 4.66. The average Bonchev–Trinajstić information content (AvgIpc) is 2.37. The van der Waals surface area contributed by atoms with E-state index in [1.54, 1.807) is 0 Å². The van der Waals surface area contributed by atoms with E-state index in [-0.39, 0.29) is 5.60 Å². The molecule has 0 spiro atoms.